The van der Waals surface area contributed by atoms with Crippen molar-refractivity contribution in [1.82, 2.24) is 0 Å². The maximum atomic E-state index is 4.50. The van der Waals surface area contributed by atoms with E-state index in [-0.39, 0.29) is 0 Å². The Morgan fingerprint density at radius 3 is 1.55 bits per heavy atom. The Labute approximate surface area is 72.0 Å². The van der Waals surface area contributed by atoms with Crippen molar-refractivity contribution in [2.24, 2.45) is 11.7 Å². The molecule has 2 N–H and O–H groups in total. The van der Waals surface area contributed by atoms with E-state index in [0.717, 1.165) is 5.92 Å². The summed E-state index contributed by atoms with van der Waals surface area (Å²) in [6.45, 7) is 13.0. The molecule has 11 heavy (non-hydrogen) atoms. The molecule has 0 aromatic rings. The zero-order chi connectivity index (χ0) is 9.70. The first-order valence-corrected chi connectivity index (χ1v) is 4.05. The molecule has 1 heteroatoms. The SMILES string of the molecule is C=C=C.CCCC(C)C.CN. The van der Waals surface area contributed by atoms with E-state index < -0.39 is 0 Å². The molecular weight excluding hydrogens is 134 g/mol. The second-order valence-electron chi connectivity index (χ2n) is 2.43. The molecule has 0 aliphatic rings. The largest absolute Gasteiger partial charge is 0.333 e. The monoisotopic (exact) mass is 157 g/mol. The van der Waals surface area contributed by atoms with Crippen LogP contribution < -0.4 is 5.73 Å². The highest BCUT2D eigenvalue weighted by Crippen LogP contribution is 2.00. The molecule has 0 unspecified atom stereocenters. The molecule has 68 valence electrons. The minimum atomic E-state index is 0.898. The molecule has 0 aromatic heterocycles. The van der Waals surface area contributed by atoms with Crippen molar-refractivity contribution in [1.29, 1.82) is 0 Å². The summed E-state index contributed by atoms with van der Waals surface area (Å²) < 4.78 is 0. The summed E-state index contributed by atoms with van der Waals surface area (Å²) in [6, 6.07) is 0. The maximum absolute atomic E-state index is 4.50. The third-order valence-electron chi connectivity index (χ3n) is 0.866. The Morgan fingerprint density at radius 2 is 1.55 bits per heavy atom. The number of nitrogens with two attached hydrogens (primary N) is 1. The normalized spacial score (nSPS) is 6.73. The summed E-state index contributed by atoms with van der Waals surface area (Å²) in [5, 5.41) is 0. The van der Waals surface area contributed by atoms with E-state index in [0.29, 0.717) is 0 Å². The van der Waals surface area contributed by atoms with Crippen molar-refractivity contribution in [3.63, 3.8) is 0 Å². The van der Waals surface area contributed by atoms with E-state index in [9.17, 15) is 0 Å². The zero-order valence-electron chi connectivity index (χ0n) is 8.48. The predicted octanol–water partition coefficient (Wildman–Crippen LogP) is 2.97. The van der Waals surface area contributed by atoms with E-state index in [2.05, 4.69) is 45.4 Å². The van der Waals surface area contributed by atoms with Crippen molar-refractivity contribution in [2.45, 2.75) is 33.6 Å². The molecule has 0 aromatic carbocycles. The van der Waals surface area contributed by atoms with Crippen LogP contribution in [-0.2, 0) is 0 Å². The highest BCUT2D eigenvalue weighted by molar-refractivity contribution is 4.51. The van der Waals surface area contributed by atoms with Gasteiger partial charge in [0.25, 0.3) is 0 Å². The average molecular weight is 157 g/mol. The molecule has 0 aliphatic carbocycles. The summed E-state index contributed by atoms with van der Waals surface area (Å²) in [4.78, 5) is 0. The van der Waals surface area contributed by atoms with Crippen LogP contribution in [0.3, 0.4) is 0 Å². The Hall–Kier alpha value is -0.520. The lowest BCUT2D eigenvalue weighted by Crippen LogP contribution is -1.81. The predicted molar refractivity (Wildman–Crippen MR) is 54.6 cm³/mol. The lowest BCUT2D eigenvalue weighted by molar-refractivity contribution is 0.576. The molecule has 0 aliphatic heterocycles. The average Bonchev–Trinajstić information content (AvgIpc) is 1.93. The smallest absolute Gasteiger partial charge is 0.0195 e. The molecule has 0 saturated carbocycles. The van der Waals surface area contributed by atoms with Gasteiger partial charge in [0, 0.05) is 0 Å². The first-order chi connectivity index (χ1) is 5.18. The van der Waals surface area contributed by atoms with E-state index >= 15 is 0 Å². The van der Waals surface area contributed by atoms with Crippen LogP contribution in [0.15, 0.2) is 18.9 Å². The molecule has 0 atom stereocenters. The Bertz CT molecular complexity index is 68.9. The lowest BCUT2D eigenvalue weighted by atomic mass is 10.1. The third kappa shape index (κ3) is 86.2. The van der Waals surface area contributed by atoms with Gasteiger partial charge in [-0.25, -0.2) is 0 Å². The molecule has 0 amide bonds. The first kappa shape index (κ1) is 16.8. The highest BCUT2D eigenvalue weighted by Gasteiger charge is 1.85. The topological polar surface area (TPSA) is 26.0 Å². The fraction of sp³-hybridized carbons (Fsp3) is 0.700. The highest BCUT2D eigenvalue weighted by atomic mass is 14.4. The molecule has 0 rings (SSSR count). The first-order valence-electron chi connectivity index (χ1n) is 4.05. The van der Waals surface area contributed by atoms with Gasteiger partial charge in [0.1, 0.15) is 0 Å². The maximum Gasteiger partial charge on any atom is -0.0195 e. The van der Waals surface area contributed by atoms with Gasteiger partial charge in [-0.2, -0.15) is 0 Å². The van der Waals surface area contributed by atoms with Crippen molar-refractivity contribution in [3.05, 3.63) is 18.9 Å². The fourth-order valence-corrected chi connectivity index (χ4v) is 0.577. The van der Waals surface area contributed by atoms with Crippen LogP contribution in [0, 0.1) is 5.92 Å². The van der Waals surface area contributed by atoms with Crippen molar-refractivity contribution < 1.29 is 0 Å². The molecule has 0 spiro atoms. The third-order valence-corrected chi connectivity index (χ3v) is 0.866. The Kier molecular flexibility index (Phi) is 34.7. The molecule has 0 bridgehead atoms. The summed E-state index contributed by atoms with van der Waals surface area (Å²) in [5.74, 6) is 0.898. The Morgan fingerprint density at radius 1 is 1.27 bits per heavy atom. The summed E-state index contributed by atoms with van der Waals surface area (Å²) in [6.07, 6.45) is 2.71. The summed E-state index contributed by atoms with van der Waals surface area (Å²) in [5.41, 5.74) is 6.75. The van der Waals surface area contributed by atoms with Crippen molar-refractivity contribution >= 4 is 0 Å². The molecule has 1 nitrogen and oxygen atoms in total. The molecule has 0 heterocycles. The van der Waals surface area contributed by atoms with Gasteiger partial charge in [-0.15, -0.1) is 5.73 Å². The van der Waals surface area contributed by atoms with Crippen LogP contribution >= 0.6 is 0 Å². The Balaban J connectivity index is -0.000000109. The van der Waals surface area contributed by atoms with E-state index in [1.807, 2.05) is 0 Å². The molecular formula is C10H23N. The van der Waals surface area contributed by atoms with Gasteiger partial charge in [-0.05, 0) is 13.0 Å². The number of rotatable bonds is 2. The van der Waals surface area contributed by atoms with Crippen molar-refractivity contribution in [3.8, 4) is 0 Å². The van der Waals surface area contributed by atoms with Crippen molar-refractivity contribution in [2.75, 3.05) is 7.05 Å². The van der Waals surface area contributed by atoms with Gasteiger partial charge < -0.3 is 5.73 Å². The lowest BCUT2D eigenvalue weighted by Gasteiger charge is -1.95. The minimum Gasteiger partial charge on any atom is -0.333 e. The van der Waals surface area contributed by atoms with Crippen LogP contribution in [-0.4, -0.2) is 7.05 Å². The van der Waals surface area contributed by atoms with E-state index in [4.69, 9.17) is 0 Å². The van der Waals surface area contributed by atoms with Crippen LogP contribution in [0.2, 0.25) is 0 Å². The van der Waals surface area contributed by atoms with Gasteiger partial charge in [0.05, 0.1) is 0 Å². The van der Waals surface area contributed by atoms with E-state index in [1.165, 1.54) is 19.9 Å². The quantitative estimate of drug-likeness (QED) is 0.613. The van der Waals surface area contributed by atoms with Gasteiger partial charge in [0.2, 0.25) is 0 Å². The molecule has 0 radical (unpaired) electrons. The molecule has 0 fully saturated rings. The van der Waals surface area contributed by atoms with Gasteiger partial charge in [0.15, 0.2) is 0 Å². The van der Waals surface area contributed by atoms with Crippen LogP contribution in [0.4, 0.5) is 0 Å². The number of hydrogen-bond acceptors (Lipinski definition) is 1. The zero-order valence-corrected chi connectivity index (χ0v) is 8.48. The van der Waals surface area contributed by atoms with Gasteiger partial charge in [-0.1, -0.05) is 46.8 Å². The van der Waals surface area contributed by atoms with Crippen LogP contribution in [0.25, 0.3) is 0 Å². The fourth-order valence-electron chi connectivity index (χ4n) is 0.577. The van der Waals surface area contributed by atoms with Crippen LogP contribution in [0.5, 0.6) is 0 Å². The van der Waals surface area contributed by atoms with Crippen LogP contribution in [0.1, 0.15) is 33.6 Å². The summed E-state index contributed by atoms with van der Waals surface area (Å²) in [7, 11) is 1.50. The van der Waals surface area contributed by atoms with E-state index in [1.54, 1.807) is 0 Å². The minimum absolute atomic E-state index is 0.898. The second kappa shape index (κ2) is 22.7. The standard InChI is InChI=1S/C6H14.C3H4.CH5N/c1-4-5-6(2)3;1-3-2;1-2/h6H,4-5H2,1-3H3;1-2H2;2H2,1H3. The molecule has 0 saturated heterocycles. The van der Waals surface area contributed by atoms with Gasteiger partial charge in [-0.3, -0.25) is 0 Å². The van der Waals surface area contributed by atoms with Gasteiger partial charge >= 0.3 is 0 Å². The second-order valence-corrected chi connectivity index (χ2v) is 2.43. The number of hydrogen-bond donors (Lipinski definition) is 1. The summed E-state index contributed by atoms with van der Waals surface area (Å²) >= 11 is 0.